The third kappa shape index (κ3) is 6.04. The Morgan fingerprint density at radius 1 is 1.29 bits per heavy atom. The summed E-state index contributed by atoms with van der Waals surface area (Å²) < 4.78 is 16.8. The molecule has 2 heterocycles. The van der Waals surface area contributed by atoms with E-state index in [0.29, 0.717) is 19.5 Å². The number of hydrogen-bond donors (Lipinski definition) is 2. The predicted octanol–water partition coefficient (Wildman–Crippen LogP) is 1.99. The maximum absolute atomic E-state index is 10.3. The van der Waals surface area contributed by atoms with Gasteiger partial charge in [0.1, 0.15) is 5.75 Å². The van der Waals surface area contributed by atoms with E-state index in [9.17, 15) is 5.11 Å². The van der Waals surface area contributed by atoms with Crippen molar-refractivity contribution in [2.24, 2.45) is 0 Å². The average molecular weight is 389 g/mol. The van der Waals surface area contributed by atoms with Crippen LogP contribution in [0.15, 0.2) is 34.9 Å². The summed E-state index contributed by atoms with van der Waals surface area (Å²) in [6, 6.07) is 9.94. The molecular formula is C21H31N3O4. The maximum atomic E-state index is 10.3. The molecule has 1 aliphatic heterocycles. The summed E-state index contributed by atoms with van der Waals surface area (Å²) in [5.41, 5.74) is 2.04. The number of rotatable bonds is 9. The first kappa shape index (κ1) is 20.8. The molecule has 0 radical (unpaired) electrons. The minimum absolute atomic E-state index is 0.0457. The van der Waals surface area contributed by atoms with Crippen LogP contribution in [0, 0.1) is 0 Å². The van der Waals surface area contributed by atoms with Crippen LogP contribution in [0.5, 0.6) is 5.75 Å². The molecule has 154 valence electrons. The van der Waals surface area contributed by atoms with Gasteiger partial charge in [-0.1, -0.05) is 17.3 Å². The molecule has 0 aliphatic carbocycles. The number of aliphatic hydroxyl groups excluding tert-OH is 1. The molecule has 2 aromatic rings. The second-order valence-electron chi connectivity index (χ2n) is 7.65. The zero-order valence-electron chi connectivity index (χ0n) is 16.9. The highest BCUT2D eigenvalue weighted by Crippen LogP contribution is 2.23. The van der Waals surface area contributed by atoms with Gasteiger partial charge in [-0.2, -0.15) is 0 Å². The molecule has 0 bridgehead atoms. The van der Waals surface area contributed by atoms with Crippen LogP contribution < -0.4 is 10.1 Å². The van der Waals surface area contributed by atoms with Crippen molar-refractivity contribution in [2.75, 3.05) is 27.7 Å². The van der Waals surface area contributed by atoms with Crippen LogP contribution in [0.25, 0.3) is 0 Å². The number of hydrogen-bond acceptors (Lipinski definition) is 7. The second kappa shape index (κ2) is 10.0. The molecule has 1 aromatic heterocycles. The summed E-state index contributed by atoms with van der Waals surface area (Å²) in [5.74, 6) is 1.70. The fourth-order valence-corrected chi connectivity index (χ4v) is 3.50. The fraction of sp³-hybridized carbons (Fsp3) is 0.571. The van der Waals surface area contributed by atoms with Crippen LogP contribution in [0.1, 0.15) is 29.9 Å². The molecule has 0 unspecified atom stereocenters. The molecule has 0 saturated carbocycles. The molecule has 1 aliphatic rings. The monoisotopic (exact) mass is 389 g/mol. The van der Waals surface area contributed by atoms with Crippen molar-refractivity contribution in [1.82, 2.24) is 15.4 Å². The lowest BCUT2D eigenvalue weighted by Crippen LogP contribution is -2.45. The zero-order chi connectivity index (χ0) is 19.9. The smallest absolute Gasteiger partial charge is 0.150 e. The average Bonchev–Trinajstić information content (AvgIpc) is 3.10. The summed E-state index contributed by atoms with van der Waals surface area (Å²) >= 11 is 0. The van der Waals surface area contributed by atoms with Gasteiger partial charge in [0.05, 0.1) is 37.7 Å². The Kier molecular flexibility index (Phi) is 7.44. The van der Waals surface area contributed by atoms with Gasteiger partial charge in [0.2, 0.25) is 0 Å². The van der Waals surface area contributed by atoms with Crippen molar-refractivity contribution >= 4 is 0 Å². The van der Waals surface area contributed by atoms with E-state index in [1.165, 1.54) is 0 Å². The fourth-order valence-electron chi connectivity index (χ4n) is 3.50. The zero-order valence-corrected chi connectivity index (χ0v) is 16.9. The summed E-state index contributed by atoms with van der Waals surface area (Å²) in [5, 5.41) is 17.8. The Bertz CT molecular complexity index is 734. The first-order valence-electron chi connectivity index (χ1n) is 9.80. The van der Waals surface area contributed by atoms with Crippen molar-refractivity contribution in [3.05, 3.63) is 47.3 Å². The predicted molar refractivity (Wildman–Crippen MR) is 106 cm³/mol. The van der Waals surface area contributed by atoms with Gasteiger partial charge in [0, 0.05) is 25.6 Å². The van der Waals surface area contributed by atoms with E-state index in [0.717, 1.165) is 42.2 Å². The minimum atomic E-state index is -0.448. The quantitative estimate of drug-likeness (QED) is 0.679. The van der Waals surface area contributed by atoms with Gasteiger partial charge in [-0.25, -0.2) is 0 Å². The third-order valence-corrected chi connectivity index (χ3v) is 4.91. The number of nitrogens with zero attached hydrogens (tertiary/aromatic N) is 2. The second-order valence-corrected chi connectivity index (χ2v) is 7.65. The minimum Gasteiger partial charge on any atom is -0.497 e. The molecule has 28 heavy (non-hydrogen) atoms. The Morgan fingerprint density at radius 2 is 2.14 bits per heavy atom. The van der Waals surface area contributed by atoms with Gasteiger partial charge in [-0.3, -0.25) is 0 Å². The lowest BCUT2D eigenvalue weighted by molar-refractivity contribution is -0.115. The SMILES string of the molecule is COc1cccc(CNC[C@H]2O[C@H](Cc3cc(CN(C)C)on3)CC[C@@H]2O)c1. The van der Waals surface area contributed by atoms with E-state index in [-0.39, 0.29) is 12.2 Å². The lowest BCUT2D eigenvalue weighted by Gasteiger charge is -2.34. The topological polar surface area (TPSA) is 80.0 Å². The first-order valence-corrected chi connectivity index (χ1v) is 9.80. The highest BCUT2D eigenvalue weighted by atomic mass is 16.5. The number of nitrogens with one attached hydrogen (secondary N) is 1. The van der Waals surface area contributed by atoms with Crippen LogP contribution in [-0.4, -0.2) is 61.2 Å². The van der Waals surface area contributed by atoms with Crippen molar-refractivity contribution in [3.8, 4) is 5.75 Å². The molecule has 0 amide bonds. The third-order valence-electron chi connectivity index (χ3n) is 4.91. The molecular weight excluding hydrogens is 358 g/mol. The van der Waals surface area contributed by atoms with Gasteiger partial charge in [0.25, 0.3) is 0 Å². The summed E-state index contributed by atoms with van der Waals surface area (Å²) in [7, 11) is 5.66. The van der Waals surface area contributed by atoms with E-state index >= 15 is 0 Å². The number of ether oxygens (including phenoxy) is 2. The molecule has 1 saturated heterocycles. The summed E-state index contributed by atoms with van der Waals surface area (Å²) in [4.78, 5) is 2.04. The van der Waals surface area contributed by atoms with Crippen molar-refractivity contribution in [3.63, 3.8) is 0 Å². The lowest BCUT2D eigenvalue weighted by atomic mass is 9.98. The van der Waals surface area contributed by atoms with Crippen LogP contribution in [0.3, 0.4) is 0 Å². The Morgan fingerprint density at radius 3 is 2.93 bits per heavy atom. The molecule has 3 rings (SSSR count). The van der Waals surface area contributed by atoms with Crippen molar-refractivity contribution in [1.29, 1.82) is 0 Å². The van der Waals surface area contributed by atoms with Gasteiger partial charge < -0.3 is 29.3 Å². The van der Waals surface area contributed by atoms with E-state index in [1.54, 1.807) is 7.11 Å². The van der Waals surface area contributed by atoms with E-state index in [2.05, 4.69) is 10.5 Å². The maximum Gasteiger partial charge on any atom is 0.150 e. The molecule has 1 aromatic carbocycles. The number of methoxy groups -OCH3 is 1. The van der Waals surface area contributed by atoms with Crippen LogP contribution in [0.4, 0.5) is 0 Å². The molecule has 7 heteroatoms. The highest BCUT2D eigenvalue weighted by molar-refractivity contribution is 5.28. The number of aliphatic hydroxyl groups is 1. The van der Waals surface area contributed by atoms with Gasteiger partial charge in [0.15, 0.2) is 5.76 Å². The molecule has 2 N–H and O–H groups in total. The molecule has 0 spiro atoms. The van der Waals surface area contributed by atoms with Crippen LogP contribution in [0.2, 0.25) is 0 Å². The van der Waals surface area contributed by atoms with Gasteiger partial charge in [-0.05, 0) is 44.6 Å². The Hall–Kier alpha value is -1.93. The van der Waals surface area contributed by atoms with Gasteiger partial charge >= 0.3 is 0 Å². The van der Waals surface area contributed by atoms with Crippen LogP contribution >= 0.6 is 0 Å². The largest absolute Gasteiger partial charge is 0.497 e. The van der Waals surface area contributed by atoms with E-state index < -0.39 is 6.10 Å². The molecule has 1 fully saturated rings. The molecule has 7 nitrogen and oxygen atoms in total. The summed E-state index contributed by atoms with van der Waals surface area (Å²) in [6.07, 6.45) is 1.63. The Labute approximate surface area is 166 Å². The standard InChI is InChI=1S/C21H31N3O4/c1-24(2)14-19-11-16(23-28-19)10-18-7-8-20(25)21(27-18)13-22-12-15-5-4-6-17(9-15)26-3/h4-6,9,11,18,20-22,25H,7-8,10,12-14H2,1-3H3/t18-,20-,21+/m0/s1. The Balaban J connectivity index is 1.47. The molecule has 3 atom stereocenters. The summed E-state index contributed by atoms with van der Waals surface area (Å²) in [6.45, 7) is 2.03. The van der Waals surface area contributed by atoms with Crippen molar-refractivity contribution in [2.45, 2.75) is 50.7 Å². The van der Waals surface area contributed by atoms with E-state index in [4.69, 9.17) is 14.0 Å². The normalized spacial score (nSPS) is 22.5. The van der Waals surface area contributed by atoms with Crippen molar-refractivity contribution < 1.29 is 19.1 Å². The van der Waals surface area contributed by atoms with Crippen LogP contribution in [-0.2, 0) is 24.2 Å². The highest BCUT2D eigenvalue weighted by Gasteiger charge is 2.30. The van der Waals surface area contributed by atoms with Gasteiger partial charge in [-0.15, -0.1) is 0 Å². The van der Waals surface area contributed by atoms with E-state index in [1.807, 2.05) is 49.3 Å². The number of benzene rings is 1. The number of aromatic nitrogens is 1. The first-order chi connectivity index (χ1) is 13.5.